The molecule has 13 N–H and O–H groups in total. The lowest BCUT2D eigenvalue weighted by molar-refractivity contribution is -0.138. The number of anilines is 1. The Morgan fingerprint density at radius 2 is 1.58 bits per heavy atom. The molecule has 1 aromatic carbocycles. The van der Waals surface area contributed by atoms with Crippen molar-refractivity contribution >= 4 is 81.8 Å². The predicted octanol–water partition coefficient (Wildman–Crippen LogP) is 0.448. The fourth-order valence-electron chi connectivity index (χ4n) is 8.74. The molecule has 79 heavy (non-hydrogen) atoms. The number of fused-ring (bicyclic) bond motifs is 2. The number of unbranched alkanes of at least 4 members (excludes halogenated alkanes) is 2. The molecule has 3 fully saturated rings. The molecular weight excluding hydrogens is 1070 g/mol. The van der Waals surface area contributed by atoms with Gasteiger partial charge in [0.2, 0.25) is 22.6 Å². The van der Waals surface area contributed by atoms with E-state index in [1.54, 1.807) is 0 Å². The molecular formula is C49H74N15O13S2+. The number of aliphatic hydroxyl groups is 2. The van der Waals surface area contributed by atoms with Gasteiger partial charge in [-0.15, -0.1) is 0 Å². The van der Waals surface area contributed by atoms with E-state index in [4.69, 9.17) is 35.3 Å². The largest absolute Gasteiger partial charge is 0.480 e. The van der Waals surface area contributed by atoms with Crippen LogP contribution in [0.5, 0.6) is 0 Å². The monoisotopic (exact) mass is 1140 g/mol. The van der Waals surface area contributed by atoms with Gasteiger partial charge in [-0.05, 0) is 75.0 Å². The highest BCUT2D eigenvalue weighted by atomic mass is 32.2. The zero-order valence-electron chi connectivity index (χ0n) is 43.9. The Hall–Kier alpha value is -6.08. The van der Waals surface area contributed by atoms with Crippen molar-refractivity contribution in [3.63, 3.8) is 0 Å². The maximum atomic E-state index is 13.4. The average molecular weight is 1150 g/mol. The highest BCUT2D eigenvalue weighted by Crippen LogP contribution is 2.35. The minimum atomic E-state index is -1.29. The summed E-state index contributed by atoms with van der Waals surface area (Å²) in [5.41, 5.74) is 13.8. The first kappa shape index (κ1) is 62.1. The molecule has 30 heteroatoms. The van der Waals surface area contributed by atoms with Crippen LogP contribution in [0.3, 0.4) is 0 Å². The average Bonchev–Trinajstić information content (AvgIpc) is 4.30. The van der Waals surface area contributed by atoms with Crippen molar-refractivity contribution in [2.75, 3.05) is 88.4 Å². The van der Waals surface area contributed by atoms with Crippen molar-refractivity contribution in [3.8, 4) is 0 Å². The Balaban J connectivity index is 0.814. The van der Waals surface area contributed by atoms with Crippen LogP contribution in [0.1, 0.15) is 80.8 Å². The van der Waals surface area contributed by atoms with Crippen LogP contribution in [-0.2, 0) is 38.1 Å². The van der Waals surface area contributed by atoms with Crippen LogP contribution < -0.4 is 47.9 Å². The lowest BCUT2D eigenvalue weighted by Crippen LogP contribution is -2.49. The van der Waals surface area contributed by atoms with Gasteiger partial charge in [0.1, 0.15) is 36.2 Å². The maximum Gasteiger partial charge on any atom is 0.320 e. The normalized spacial score (nSPS) is 21.1. The molecule has 0 radical (unpaired) electrons. The second-order valence-electron chi connectivity index (χ2n) is 18.9. The van der Waals surface area contributed by atoms with Gasteiger partial charge >= 0.3 is 12.0 Å². The minimum Gasteiger partial charge on any atom is -0.480 e. The van der Waals surface area contributed by atoms with Gasteiger partial charge in [-0.25, -0.2) is 19.7 Å². The summed E-state index contributed by atoms with van der Waals surface area (Å²) in [6, 6.07) is 4.04. The third kappa shape index (κ3) is 20.2. The zero-order chi connectivity index (χ0) is 56.4. The van der Waals surface area contributed by atoms with Crippen molar-refractivity contribution in [2.45, 2.75) is 118 Å². The molecule has 6 rings (SSSR count). The molecule has 5 heterocycles. The molecule has 434 valence electrons. The van der Waals surface area contributed by atoms with Gasteiger partial charge < -0.3 is 77.2 Å². The fourth-order valence-corrected chi connectivity index (χ4v) is 11.4. The van der Waals surface area contributed by atoms with E-state index < -0.39 is 60.3 Å². The lowest BCUT2D eigenvalue weighted by Gasteiger charge is -2.18. The number of urea groups is 1. The number of nitrogens with two attached hydrogens (primary N) is 1. The molecule has 0 aliphatic carbocycles. The van der Waals surface area contributed by atoms with Crippen LogP contribution in [-0.4, -0.2) is 201 Å². The molecule has 3 aromatic rings. The Kier molecular flexibility index (Phi) is 26.3. The van der Waals surface area contributed by atoms with E-state index in [0.717, 1.165) is 25.0 Å². The molecule has 9 atom stereocenters. The summed E-state index contributed by atoms with van der Waals surface area (Å²) in [7, 11) is 0. The first-order valence-corrected chi connectivity index (χ1v) is 28.7. The number of carbonyl (C=O) groups excluding carboxylic acids is 5. The lowest BCUT2D eigenvalue weighted by atomic mass is 10.0. The maximum absolute atomic E-state index is 13.4. The SMILES string of the molecule is N=[N+]=Nc1ccc(C(=O)N[C@@H](CC(=O)NCCCCNc2ncnc3c2ncn3[C@@H]2O[C@H](CSCC[C@H](N)C(=O)O)[C@H](O)C2O)C(=O)NCCCOCCOCCOCCCNC(=O)CCCC[C@@H]2SC[C@@H]3NC(=O)N[C@@H]32)cc1. The number of hydrogen-bond donors (Lipinski definition) is 12. The highest BCUT2D eigenvalue weighted by Gasteiger charge is 2.45. The molecule has 3 saturated heterocycles. The number of rotatable bonds is 38. The minimum absolute atomic E-state index is 0.0279. The molecule has 2 aromatic heterocycles. The summed E-state index contributed by atoms with van der Waals surface area (Å²) >= 11 is 3.24. The van der Waals surface area contributed by atoms with Gasteiger partial charge in [0.05, 0.1) is 57.4 Å². The summed E-state index contributed by atoms with van der Waals surface area (Å²) in [5, 5.41) is 54.9. The number of amides is 6. The van der Waals surface area contributed by atoms with Gasteiger partial charge in [-0.1, -0.05) is 6.42 Å². The van der Waals surface area contributed by atoms with Crippen molar-refractivity contribution in [2.24, 2.45) is 10.8 Å². The molecule has 28 nitrogen and oxygen atoms in total. The number of imidazole rings is 1. The Morgan fingerprint density at radius 3 is 2.32 bits per heavy atom. The highest BCUT2D eigenvalue weighted by molar-refractivity contribution is 8.00. The van der Waals surface area contributed by atoms with Crippen LogP contribution in [0.4, 0.5) is 16.3 Å². The van der Waals surface area contributed by atoms with Gasteiger partial charge in [0, 0.05) is 68.1 Å². The second-order valence-corrected chi connectivity index (χ2v) is 21.3. The number of aliphatic carboxylic acids is 1. The summed E-state index contributed by atoms with van der Waals surface area (Å²) in [6.45, 7) is 3.73. The number of benzene rings is 1. The molecule has 0 spiro atoms. The van der Waals surface area contributed by atoms with Gasteiger partial charge in [0.15, 0.2) is 34.0 Å². The first-order chi connectivity index (χ1) is 38.3. The van der Waals surface area contributed by atoms with Crippen molar-refractivity contribution in [1.29, 1.82) is 5.53 Å². The number of aliphatic hydroxyl groups excluding tert-OH is 2. The zero-order valence-corrected chi connectivity index (χ0v) is 45.6. The van der Waals surface area contributed by atoms with Crippen LogP contribution in [0.2, 0.25) is 0 Å². The van der Waals surface area contributed by atoms with Crippen LogP contribution in [0.25, 0.3) is 11.2 Å². The molecule has 0 saturated carbocycles. The van der Waals surface area contributed by atoms with E-state index in [1.165, 1.54) is 53.2 Å². The number of carboxylic acid groups (broad SMARTS) is 1. The van der Waals surface area contributed by atoms with Crippen molar-refractivity contribution in [3.05, 3.63) is 42.5 Å². The number of nitrogens with zero attached hydrogens (tertiary/aromatic N) is 6. The van der Waals surface area contributed by atoms with Crippen molar-refractivity contribution in [1.82, 2.24) is 56.3 Å². The van der Waals surface area contributed by atoms with E-state index in [-0.39, 0.29) is 55.5 Å². The topological polar surface area (TPSA) is 404 Å². The van der Waals surface area contributed by atoms with Crippen LogP contribution in [0, 0.1) is 5.53 Å². The molecule has 3 aliphatic rings. The quantitative estimate of drug-likeness (QED) is 0.0160. The fraction of sp³-hybridized carbons (Fsp3) is 0.653. The number of ether oxygens (including phenoxy) is 4. The molecule has 3 aliphatic heterocycles. The number of aromatic nitrogens is 4. The number of hydrogen-bond acceptors (Lipinski definition) is 21. The van der Waals surface area contributed by atoms with Gasteiger partial charge in [-0.2, -0.15) is 23.5 Å². The Morgan fingerprint density at radius 1 is 0.886 bits per heavy atom. The molecule has 1 unspecified atom stereocenters. The first-order valence-electron chi connectivity index (χ1n) is 26.5. The van der Waals surface area contributed by atoms with E-state index in [1.807, 2.05) is 11.8 Å². The molecule has 6 amide bonds. The Bertz CT molecular complexity index is 2490. The third-order valence-corrected chi connectivity index (χ3v) is 15.6. The smallest absolute Gasteiger partial charge is 0.320 e. The predicted molar refractivity (Wildman–Crippen MR) is 290 cm³/mol. The van der Waals surface area contributed by atoms with Gasteiger partial charge in [-0.3, -0.25) is 28.5 Å². The Labute approximate surface area is 464 Å². The number of carboxylic acids is 1. The van der Waals surface area contributed by atoms with E-state index in [0.29, 0.717) is 124 Å². The van der Waals surface area contributed by atoms with Gasteiger partial charge in [0.25, 0.3) is 5.91 Å². The van der Waals surface area contributed by atoms with E-state index in [9.17, 15) is 39.0 Å². The number of carbonyl (C=O) groups is 6. The second kappa shape index (κ2) is 33.5. The van der Waals surface area contributed by atoms with E-state index >= 15 is 0 Å². The van der Waals surface area contributed by atoms with Crippen LogP contribution in [0.15, 0.2) is 42.0 Å². The van der Waals surface area contributed by atoms with Crippen LogP contribution >= 0.6 is 23.5 Å². The number of nitrogens with one attached hydrogen (secondary N) is 8. The van der Waals surface area contributed by atoms with E-state index in [2.05, 4.69) is 62.2 Å². The van der Waals surface area contributed by atoms with Crippen molar-refractivity contribution < 1.29 is 63.0 Å². The summed E-state index contributed by atoms with van der Waals surface area (Å²) in [6.07, 6.45) is 3.95. The molecule has 0 bridgehead atoms. The number of thioether (sulfide) groups is 2. The summed E-state index contributed by atoms with van der Waals surface area (Å²) in [5.74, 6) is -0.587. The standard InChI is InChI=1S/C49H73N15O13S2/c50-32(48(71)72)13-24-78-27-35-41(67)42(68)47(77-35)64-29-58-40-43(56-28-57-44(40)64)54-15-4-3-14-53-38(66)25-33(59-45(69)30-9-11-31(12-10-30)62-63-51)46(70)55-17-6-19-75-21-23-76-22-20-74-18-5-16-52-37(65)8-2-1-7-36-39-34(26-79-36)60-49(73)61-39/h9-12,28-29,32-36,39,41-42,47,51,67-68H,1-8,13-27,50H2,(H7-,52,53,54,55,56,57,59,60,61,65,66,69,70,71,72,73)/p+1/t32-,33-,34-,35+,36-,39-,41-,42?,47+/m0/s1. The third-order valence-electron chi connectivity index (χ3n) is 13.0. The summed E-state index contributed by atoms with van der Waals surface area (Å²) in [4.78, 5) is 90.5. The summed E-state index contributed by atoms with van der Waals surface area (Å²) < 4.78 is 24.3.